The van der Waals surface area contributed by atoms with Gasteiger partial charge in [-0.05, 0) is 6.42 Å². The molecule has 15 heavy (non-hydrogen) atoms. The molecular formula is C7H9F7O. The van der Waals surface area contributed by atoms with E-state index in [1.165, 1.54) is 0 Å². The summed E-state index contributed by atoms with van der Waals surface area (Å²) < 4.78 is 85.3. The van der Waals surface area contributed by atoms with Gasteiger partial charge in [0, 0.05) is 6.42 Å². The molecule has 0 saturated carbocycles. The van der Waals surface area contributed by atoms with Crippen molar-refractivity contribution in [1.29, 1.82) is 0 Å². The molecule has 0 aliphatic rings. The average Bonchev–Trinajstić information content (AvgIpc) is 1.92. The minimum atomic E-state index is -4.72. The maximum atomic E-state index is 12.3. The number of hydrogen-bond acceptors (Lipinski definition) is 1. The van der Waals surface area contributed by atoms with Crippen molar-refractivity contribution >= 4 is 0 Å². The first kappa shape index (κ1) is 14.5. The van der Waals surface area contributed by atoms with Crippen molar-refractivity contribution in [3.63, 3.8) is 0 Å². The Balaban J connectivity index is 3.52. The van der Waals surface area contributed by atoms with Crippen molar-refractivity contribution in [1.82, 2.24) is 0 Å². The zero-order chi connectivity index (χ0) is 12.1. The van der Waals surface area contributed by atoms with Gasteiger partial charge in [0.15, 0.2) is 0 Å². The molecule has 1 nitrogen and oxygen atoms in total. The topological polar surface area (TPSA) is 9.23 Å². The molecule has 8 heteroatoms. The zero-order valence-electron chi connectivity index (χ0n) is 7.46. The maximum Gasteiger partial charge on any atom is 0.394 e. The Morgan fingerprint density at radius 1 is 0.933 bits per heavy atom. The molecule has 92 valence electrons. The van der Waals surface area contributed by atoms with Crippen LogP contribution in [0.5, 0.6) is 0 Å². The minimum Gasteiger partial charge on any atom is -0.348 e. The first-order valence-electron chi connectivity index (χ1n) is 3.99. The molecule has 0 spiro atoms. The van der Waals surface area contributed by atoms with E-state index < -0.39 is 44.6 Å². The van der Waals surface area contributed by atoms with E-state index in [1.54, 1.807) is 0 Å². The highest BCUT2D eigenvalue weighted by molar-refractivity contribution is 4.54. The first-order valence-corrected chi connectivity index (χ1v) is 3.99. The Kier molecular flexibility index (Phi) is 5.33. The second-order valence-corrected chi connectivity index (χ2v) is 2.82. The molecule has 1 unspecified atom stereocenters. The second-order valence-electron chi connectivity index (χ2n) is 2.82. The highest BCUT2D eigenvalue weighted by Gasteiger charge is 2.33. The first-order chi connectivity index (χ1) is 6.60. The van der Waals surface area contributed by atoms with Crippen LogP contribution in [-0.4, -0.2) is 25.3 Å². The fourth-order valence-corrected chi connectivity index (χ4v) is 0.725. The lowest BCUT2D eigenvalue weighted by Crippen LogP contribution is -2.19. The van der Waals surface area contributed by atoms with Gasteiger partial charge in [-0.15, -0.1) is 0 Å². The Morgan fingerprint density at radius 3 is 1.87 bits per heavy atom. The summed E-state index contributed by atoms with van der Waals surface area (Å²) >= 11 is 0. The second kappa shape index (κ2) is 5.53. The summed E-state index contributed by atoms with van der Waals surface area (Å²) in [5.74, 6) is 0. The van der Waals surface area contributed by atoms with Crippen molar-refractivity contribution in [2.75, 3.05) is 6.61 Å². The molecule has 1 atom stereocenters. The largest absolute Gasteiger partial charge is 0.394 e. The summed E-state index contributed by atoms with van der Waals surface area (Å²) in [6.07, 6.45) is -15.3. The van der Waals surface area contributed by atoms with E-state index in [4.69, 9.17) is 0 Å². The zero-order valence-corrected chi connectivity index (χ0v) is 7.46. The van der Waals surface area contributed by atoms with Crippen molar-refractivity contribution < 1.29 is 35.5 Å². The monoisotopic (exact) mass is 242 g/mol. The fourth-order valence-electron chi connectivity index (χ4n) is 0.725. The highest BCUT2D eigenvalue weighted by atomic mass is 19.4. The SMILES string of the molecule is FC(CC(F)(F)F)OCCCC(F)(F)F. The van der Waals surface area contributed by atoms with Crippen molar-refractivity contribution in [2.24, 2.45) is 0 Å². The molecule has 0 aromatic heterocycles. The summed E-state index contributed by atoms with van der Waals surface area (Å²) in [6, 6.07) is 0. The number of alkyl halides is 7. The lowest BCUT2D eigenvalue weighted by molar-refractivity contribution is -0.186. The average molecular weight is 242 g/mol. The van der Waals surface area contributed by atoms with E-state index in [0.29, 0.717) is 0 Å². The number of ether oxygens (including phenoxy) is 1. The normalized spacial score (nSPS) is 15.4. The lowest BCUT2D eigenvalue weighted by atomic mass is 10.3. The van der Waals surface area contributed by atoms with Crippen molar-refractivity contribution in [3.8, 4) is 0 Å². The molecule has 0 aromatic rings. The van der Waals surface area contributed by atoms with Gasteiger partial charge in [-0.1, -0.05) is 0 Å². The molecule has 0 aliphatic carbocycles. The van der Waals surface area contributed by atoms with Crippen molar-refractivity contribution in [3.05, 3.63) is 0 Å². The summed E-state index contributed by atoms with van der Waals surface area (Å²) in [6.45, 7) is -0.684. The van der Waals surface area contributed by atoms with Crippen LogP contribution in [-0.2, 0) is 4.74 Å². The Morgan fingerprint density at radius 2 is 1.47 bits per heavy atom. The summed E-state index contributed by atoms with van der Waals surface area (Å²) in [4.78, 5) is 0. The van der Waals surface area contributed by atoms with Crippen molar-refractivity contribution in [2.45, 2.75) is 38.0 Å². The fraction of sp³-hybridized carbons (Fsp3) is 1.00. The van der Waals surface area contributed by atoms with Crippen LogP contribution in [0.4, 0.5) is 30.7 Å². The molecule has 0 aromatic carbocycles. The molecule has 0 amide bonds. The molecule has 0 saturated heterocycles. The van der Waals surface area contributed by atoms with Crippen LogP contribution in [0.1, 0.15) is 19.3 Å². The summed E-state index contributed by atoms with van der Waals surface area (Å²) in [5, 5.41) is 0. The Bertz CT molecular complexity index is 173. The minimum absolute atomic E-state index is 0.554. The van der Waals surface area contributed by atoms with E-state index in [1.807, 2.05) is 0 Å². The van der Waals surface area contributed by atoms with Gasteiger partial charge in [-0.2, -0.15) is 26.3 Å². The van der Waals surface area contributed by atoms with Crippen LogP contribution < -0.4 is 0 Å². The van der Waals surface area contributed by atoms with Gasteiger partial charge < -0.3 is 4.74 Å². The van der Waals surface area contributed by atoms with Crippen LogP contribution in [0.25, 0.3) is 0 Å². The summed E-state index contributed by atoms with van der Waals surface area (Å²) in [5.41, 5.74) is 0. The summed E-state index contributed by atoms with van der Waals surface area (Å²) in [7, 11) is 0. The number of rotatable bonds is 5. The molecule has 0 heterocycles. The third-order valence-corrected chi connectivity index (χ3v) is 1.30. The van der Waals surface area contributed by atoms with E-state index in [9.17, 15) is 30.7 Å². The van der Waals surface area contributed by atoms with Gasteiger partial charge in [0.2, 0.25) is 6.36 Å². The van der Waals surface area contributed by atoms with Gasteiger partial charge in [-0.25, -0.2) is 4.39 Å². The van der Waals surface area contributed by atoms with Gasteiger partial charge >= 0.3 is 12.4 Å². The highest BCUT2D eigenvalue weighted by Crippen LogP contribution is 2.24. The lowest BCUT2D eigenvalue weighted by Gasteiger charge is -2.12. The van der Waals surface area contributed by atoms with Gasteiger partial charge in [-0.3, -0.25) is 0 Å². The van der Waals surface area contributed by atoms with Gasteiger partial charge in [0.1, 0.15) is 0 Å². The Labute approximate surface area is 81.2 Å². The predicted molar refractivity (Wildman–Crippen MR) is 36.8 cm³/mol. The Hall–Kier alpha value is -0.530. The molecule has 0 bridgehead atoms. The van der Waals surface area contributed by atoms with Crippen LogP contribution in [0, 0.1) is 0 Å². The number of hydrogen-bond donors (Lipinski definition) is 0. The third kappa shape index (κ3) is 11.4. The molecule has 0 radical (unpaired) electrons. The van der Waals surface area contributed by atoms with E-state index in [2.05, 4.69) is 4.74 Å². The maximum absolute atomic E-state index is 12.3. The quantitative estimate of drug-likeness (QED) is 0.528. The predicted octanol–water partition coefficient (Wildman–Crippen LogP) is 3.59. The molecule has 0 fully saturated rings. The van der Waals surface area contributed by atoms with Crippen LogP contribution >= 0.6 is 0 Å². The smallest absolute Gasteiger partial charge is 0.348 e. The van der Waals surface area contributed by atoms with E-state index in [0.717, 1.165) is 0 Å². The van der Waals surface area contributed by atoms with Gasteiger partial charge in [0.05, 0.1) is 13.0 Å². The molecule has 0 rings (SSSR count). The van der Waals surface area contributed by atoms with Crippen LogP contribution in [0.3, 0.4) is 0 Å². The van der Waals surface area contributed by atoms with E-state index in [-0.39, 0.29) is 0 Å². The standard InChI is InChI=1S/C7H9F7O/c8-5(4-7(12,13)14)15-3-1-2-6(9,10)11/h5H,1-4H2. The van der Waals surface area contributed by atoms with Crippen LogP contribution in [0.15, 0.2) is 0 Å². The van der Waals surface area contributed by atoms with E-state index >= 15 is 0 Å². The van der Waals surface area contributed by atoms with Crippen LogP contribution in [0.2, 0.25) is 0 Å². The molecule has 0 N–H and O–H groups in total. The molecule has 0 aliphatic heterocycles. The number of halogens is 7. The van der Waals surface area contributed by atoms with Gasteiger partial charge in [0.25, 0.3) is 0 Å². The third-order valence-electron chi connectivity index (χ3n) is 1.30. The molecular weight excluding hydrogens is 233 g/mol.